The van der Waals surface area contributed by atoms with Gasteiger partial charge in [0.15, 0.2) is 10.2 Å². The number of hydrogen-bond donors (Lipinski definition) is 2. The Bertz CT molecular complexity index is 432. The number of thiophene rings is 1. The standard InChI is InChI=1S/C10H11N3S3/c1-7(12-10(15)13-9(11)14)4-5-8-3-2-6-16-8/h2-6H,1H3,(H3,11,13,14,15)/b5-4-,12-7?. The summed E-state index contributed by atoms with van der Waals surface area (Å²) in [6, 6.07) is 4.02. The van der Waals surface area contributed by atoms with Gasteiger partial charge in [-0.05, 0) is 55.0 Å². The van der Waals surface area contributed by atoms with Crippen LogP contribution in [-0.4, -0.2) is 15.9 Å². The van der Waals surface area contributed by atoms with Crippen molar-refractivity contribution in [2.75, 3.05) is 0 Å². The Morgan fingerprint density at radius 1 is 1.56 bits per heavy atom. The first-order chi connectivity index (χ1) is 7.58. The molecule has 1 rings (SSSR count). The monoisotopic (exact) mass is 269 g/mol. The van der Waals surface area contributed by atoms with Crippen LogP contribution in [0.5, 0.6) is 0 Å². The highest BCUT2D eigenvalue weighted by atomic mass is 32.1. The number of hydrogen-bond acceptors (Lipinski definition) is 3. The van der Waals surface area contributed by atoms with Crippen molar-refractivity contribution < 1.29 is 0 Å². The third-order valence-corrected chi connectivity index (χ3v) is 2.67. The van der Waals surface area contributed by atoms with Crippen LogP contribution in [0.25, 0.3) is 6.08 Å². The highest BCUT2D eigenvalue weighted by Gasteiger charge is 1.94. The molecular weight excluding hydrogens is 258 g/mol. The number of aliphatic imine (C=N–C) groups is 1. The van der Waals surface area contributed by atoms with E-state index in [2.05, 4.69) is 22.5 Å². The summed E-state index contributed by atoms with van der Waals surface area (Å²) >= 11 is 11.2. The van der Waals surface area contributed by atoms with Crippen LogP contribution in [0.2, 0.25) is 0 Å². The van der Waals surface area contributed by atoms with E-state index in [9.17, 15) is 0 Å². The van der Waals surface area contributed by atoms with Crippen LogP contribution in [0.15, 0.2) is 28.6 Å². The zero-order chi connectivity index (χ0) is 12.0. The summed E-state index contributed by atoms with van der Waals surface area (Å²) in [5.74, 6) is 0. The molecule has 84 valence electrons. The van der Waals surface area contributed by atoms with E-state index in [0.717, 1.165) is 5.71 Å². The molecule has 3 nitrogen and oxygen atoms in total. The lowest BCUT2D eigenvalue weighted by molar-refractivity contribution is 1.35. The van der Waals surface area contributed by atoms with E-state index >= 15 is 0 Å². The molecular formula is C10H11N3S3. The molecule has 0 spiro atoms. The van der Waals surface area contributed by atoms with E-state index in [1.807, 2.05) is 36.6 Å². The van der Waals surface area contributed by atoms with Crippen molar-refractivity contribution in [1.29, 1.82) is 0 Å². The summed E-state index contributed by atoms with van der Waals surface area (Å²) < 4.78 is 0. The summed E-state index contributed by atoms with van der Waals surface area (Å²) in [6.07, 6.45) is 3.87. The molecule has 0 amide bonds. The maximum atomic E-state index is 5.27. The van der Waals surface area contributed by atoms with Crippen LogP contribution in [0.3, 0.4) is 0 Å². The summed E-state index contributed by atoms with van der Waals surface area (Å²) in [5, 5.41) is 5.01. The van der Waals surface area contributed by atoms with Crippen molar-refractivity contribution in [3.05, 3.63) is 28.5 Å². The molecule has 0 aliphatic carbocycles. The molecule has 0 saturated carbocycles. The molecule has 0 unspecified atom stereocenters. The average Bonchev–Trinajstić information content (AvgIpc) is 2.65. The highest BCUT2D eigenvalue weighted by molar-refractivity contribution is 7.81. The summed E-state index contributed by atoms with van der Waals surface area (Å²) in [4.78, 5) is 5.27. The predicted molar refractivity (Wildman–Crippen MR) is 79.0 cm³/mol. The fourth-order valence-electron chi connectivity index (χ4n) is 0.920. The van der Waals surface area contributed by atoms with E-state index in [1.165, 1.54) is 4.88 Å². The van der Waals surface area contributed by atoms with E-state index < -0.39 is 0 Å². The first-order valence-corrected chi connectivity index (χ1v) is 6.15. The zero-order valence-electron chi connectivity index (χ0n) is 8.64. The fraction of sp³-hybridized carbons (Fsp3) is 0.100. The van der Waals surface area contributed by atoms with Crippen LogP contribution < -0.4 is 11.1 Å². The van der Waals surface area contributed by atoms with Crippen molar-refractivity contribution in [3.63, 3.8) is 0 Å². The van der Waals surface area contributed by atoms with Gasteiger partial charge in [-0.1, -0.05) is 6.07 Å². The first-order valence-electron chi connectivity index (χ1n) is 4.45. The van der Waals surface area contributed by atoms with Crippen molar-refractivity contribution in [2.24, 2.45) is 10.7 Å². The quantitative estimate of drug-likeness (QED) is 0.639. The van der Waals surface area contributed by atoms with Gasteiger partial charge < -0.3 is 11.1 Å². The van der Waals surface area contributed by atoms with Crippen LogP contribution in [0.1, 0.15) is 11.8 Å². The molecule has 0 radical (unpaired) electrons. The van der Waals surface area contributed by atoms with Gasteiger partial charge in [0.05, 0.1) is 0 Å². The minimum atomic E-state index is 0.129. The number of allylic oxidation sites excluding steroid dienone is 1. The molecule has 6 heteroatoms. The number of nitrogens with one attached hydrogen (secondary N) is 1. The number of nitrogens with two attached hydrogens (primary N) is 1. The second kappa shape index (κ2) is 6.47. The van der Waals surface area contributed by atoms with Crippen molar-refractivity contribution >= 4 is 57.8 Å². The Hall–Kier alpha value is -1.11. The smallest absolute Gasteiger partial charge is 0.199 e. The Kier molecular flexibility index (Phi) is 5.24. The Balaban J connectivity index is 2.57. The van der Waals surface area contributed by atoms with Crippen LogP contribution in [-0.2, 0) is 0 Å². The lowest BCUT2D eigenvalue weighted by atomic mass is 10.3. The van der Waals surface area contributed by atoms with Crippen molar-refractivity contribution in [1.82, 2.24) is 5.32 Å². The van der Waals surface area contributed by atoms with Gasteiger partial charge in [-0.25, -0.2) is 4.99 Å². The van der Waals surface area contributed by atoms with Crippen LogP contribution in [0, 0.1) is 0 Å². The maximum Gasteiger partial charge on any atom is 0.199 e. The molecule has 0 atom stereocenters. The maximum absolute atomic E-state index is 5.27. The molecule has 0 fully saturated rings. The summed E-state index contributed by atoms with van der Waals surface area (Å²) in [7, 11) is 0. The summed E-state index contributed by atoms with van der Waals surface area (Å²) in [6.45, 7) is 1.86. The van der Waals surface area contributed by atoms with Crippen LogP contribution >= 0.6 is 35.8 Å². The Morgan fingerprint density at radius 2 is 2.31 bits per heavy atom. The van der Waals surface area contributed by atoms with E-state index in [-0.39, 0.29) is 10.2 Å². The predicted octanol–water partition coefficient (Wildman–Crippen LogP) is 2.34. The first kappa shape index (κ1) is 13.0. The van der Waals surface area contributed by atoms with Gasteiger partial charge in [-0.15, -0.1) is 11.3 Å². The van der Waals surface area contributed by atoms with Gasteiger partial charge in [0.25, 0.3) is 0 Å². The van der Waals surface area contributed by atoms with Gasteiger partial charge >= 0.3 is 0 Å². The van der Waals surface area contributed by atoms with Gasteiger partial charge in [-0.2, -0.15) is 0 Å². The molecule has 0 aromatic carbocycles. The molecule has 0 bridgehead atoms. The second-order valence-corrected chi connectivity index (χ2v) is 4.70. The van der Waals surface area contributed by atoms with Gasteiger partial charge in [0, 0.05) is 10.6 Å². The fourth-order valence-corrected chi connectivity index (χ4v) is 1.95. The zero-order valence-corrected chi connectivity index (χ0v) is 11.1. The molecule has 1 aromatic heterocycles. The van der Waals surface area contributed by atoms with E-state index in [4.69, 9.17) is 18.0 Å². The highest BCUT2D eigenvalue weighted by Crippen LogP contribution is 2.10. The lowest BCUT2D eigenvalue weighted by Crippen LogP contribution is -2.32. The Morgan fingerprint density at radius 3 is 2.88 bits per heavy atom. The van der Waals surface area contributed by atoms with Crippen molar-refractivity contribution in [3.8, 4) is 0 Å². The van der Waals surface area contributed by atoms with Gasteiger partial charge in [0.1, 0.15) is 0 Å². The molecule has 1 aromatic rings. The molecule has 0 aliphatic rings. The largest absolute Gasteiger partial charge is 0.376 e. The minimum absolute atomic E-state index is 0.129. The number of nitrogens with zero attached hydrogens (tertiary/aromatic N) is 1. The molecule has 16 heavy (non-hydrogen) atoms. The third-order valence-electron chi connectivity index (χ3n) is 1.54. The average molecular weight is 269 g/mol. The topological polar surface area (TPSA) is 50.4 Å². The lowest BCUT2D eigenvalue weighted by Gasteiger charge is -1.99. The van der Waals surface area contributed by atoms with Gasteiger partial charge in [-0.3, -0.25) is 0 Å². The summed E-state index contributed by atoms with van der Waals surface area (Å²) in [5.41, 5.74) is 6.06. The second-order valence-electron chi connectivity index (χ2n) is 2.90. The molecule has 1 heterocycles. The normalized spacial score (nSPS) is 11.7. The van der Waals surface area contributed by atoms with Crippen molar-refractivity contribution in [2.45, 2.75) is 6.92 Å². The SMILES string of the molecule is CC(/C=C\c1cccs1)=NC(=S)NC(N)=S. The third kappa shape index (κ3) is 5.11. The Labute approximate surface area is 109 Å². The minimum Gasteiger partial charge on any atom is -0.376 e. The molecule has 0 aliphatic heterocycles. The number of thiocarbonyl (C=S) groups is 2. The van der Waals surface area contributed by atoms with E-state index in [1.54, 1.807) is 11.3 Å². The van der Waals surface area contributed by atoms with E-state index in [0.29, 0.717) is 0 Å². The molecule has 0 saturated heterocycles. The number of rotatable bonds is 2. The molecule has 3 N–H and O–H groups in total. The van der Waals surface area contributed by atoms with Gasteiger partial charge in [0.2, 0.25) is 0 Å². The van der Waals surface area contributed by atoms with Crippen LogP contribution in [0.4, 0.5) is 0 Å².